The highest BCUT2D eigenvalue weighted by atomic mass is 16.4. The Morgan fingerprint density at radius 2 is 1.88 bits per heavy atom. The smallest absolute Gasteiger partial charge is 0.303 e. The Balaban J connectivity index is 2.56. The molecular formula is C21H36O5. The van der Waals surface area contributed by atoms with E-state index in [1.54, 1.807) is 13.0 Å². The number of carboxylic acids is 1. The molecule has 1 fully saturated rings. The van der Waals surface area contributed by atoms with E-state index in [0.29, 0.717) is 32.1 Å². The summed E-state index contributed by atoms with van der Waals surface area (Å²) in [6.45, 7) is 3.91. The highest BCUT2D eigenvalue weighted by molar-refractivity contribution is 5.66. The Morgan fingerprint density at radius 1 is 1.15 bits per heavy atom. The van der Waals surface area contributed by atoms with E-state index in [4.69, 9.17) is 5.11 Å². The first-order valence-electron chi connectivity index (χ1n) is 9.91. The molecule has 5 nitrogen and oxygen atoms in total. The van der Waals surface area contributed by atoms with E-state index in [9.17, 15) is 20.1 Å². The normalized spacial score (nSPS) is 28.8. The van der Waals surface area contributed by atoms with Gasteiger partial charge in [0.2, 0.25) is 0 Å². The number of aliphatic hydroxyl groups excluding tert-OH is 2. The van der Waals surface area contributed by atoms with Crippen LogP contribution in [-0.2, 0) is 4.79 Å². The van der Waals surface area contributed by atoms with E-state index in [0.717, 1.165) is 19.3 Å². The summed E-state index contributed by atoms with van der Waals surface area (Å²) in [5.41, 5.74) is -0.889. The third-order valence-electron chi connectivity index (χ3n) is 5.22. The van der Waals surface area contributed by atoms with Crippen molar-refractivity contribution >= 4 is 5.97 Å². The zero-order valence-electron chi connectivity index (χ0n) is 16.2. The van der Waals surface area contributed by atoms with Gasteiger partial charge in [0.05, 0.1) is 17.8 Å². The van der Waals surface area contributed by atoms with Gasteiger partial charge in [0.1, 0.15) is 0 Å². The van der Waals surface area contributed by atoms with Crippen LogP contribution in [-0.4, -0.2) is 44.2 Å². The standard InChI is InChI=1S/C21H36O5/c1-3-4-9-13-21(2,26)14-12-17-16(18(22)15-19(17)23)10-7-5-6-8-11-20(24)25/h5,7,12,14,16-19,22-23,26H,3-4,6,8-11,13,15H2,1-2H3,(H,24,25)/b7-5+,14-12+/t16-,17-,18-,19-,21+/m1/s1. The highest BCUT2D eigenvalue weighted by Crippen LogP contribution is 2.37. The minimum Gasteiger partial charge on any atom is -0.481 e. The Labute approximate surface area is 157 Å². The van der Waals surface area contributed by atoms with E-state index in [1.807, 2.05) is 18.2 Å². The van der Waals surface area contributed by atoms with Gasteiger partial charge in [0, 0.05) is 18.8 Å². The third-order valence-corrected chi connectivity index (χ3v) is 5.22. The van der Waals surface area contributed by atoms with Crippen LogP contribution in [0.1, 0.15) is 71.6 Å². The van der Waals surface area contributed by atoms with Gasteiger partial charge in [-0.05, 0) is 38.5 Å². The maximum Gasteiger partial charge on any atom is 0.303 e. The van der Waals surface area contributed by atoms with E-state index < -0.39 is 23.8 Å². The van der Waals surface area contributed by atoms with Crippen LogP contribution < -0.4 is 0 Å². The molecule has 0 aromatic carbocycles. The monoisotopic (exact) mass is 368 g/mol. The van der Waals surface area contributed by atoms with Crippen molar-refractivity contribution in [1.82, 2.24) is 0 Å². The van der Waals surface area contributed by atoms with Gasteiger partial charge in [-0.3, -0.25) is 4.79 Å². The molecule has 0 saturated heterocycles. The minimum absolute atomic E-state index is 0.0802. The zero-order valence-corrected chi connectivity index (χ0v) is 16.2. The molecule has 1 rings (SSSR count). The summed E-state index contributed by atoms with van der Waals surface area (Å²) in [7, 11) is 0. The molecule has 0 amide bonds. The van der Waals surface area contributed by atoms with Gasteiger partial charge in [-0.15, -0.1) is 0 Å². The molecule has 1 aliphatic carbocycles. The van der Waals surface area contributed by atoms with Gasteiger partial charge in [-0.1, -0.05) is 50.5 Å². The number of aliphatic hydroxyl groups is 3. The Morgan fingerprint density at radius 3 is 2.54 bits per heavy atom. The van der Waals surface area contributed by atoms with Gasteiger partial charge in [-0.2, -0.15) is 0 Å². The molecule has 0 heterocycles. The van der Waals surface area contributed by atoms with E-state index in [-0.39, 0.29) is 18.3 Å². The topological polar surface area (TPSA) is 98.0 Å². The fraction of sp³-hybridized carbons (Fsp3) is 0.762. The molecule has 0 aromatic heterocycles. The lowest BCUT2D eigenvalue weighted by molar-refractivity contribution is -0.137. The summed E-state index contributed by atoms with van der Waals surface area (Å²) in [5, 5.41) is 39.6. The van der Waals surface area contributed by atoms with Gasteiger partial charge in [0.25, 0.3) is 0 Å². The SMILES string of the molecule is CCCCC[C@](C)(O)/C=C/[C@@H]1[C@@H](C/C=C/CCCC(=O)O)[C@H](O)C[C@H]1O. The van der Waals surface area contributed by atoms with Crippen LogP contribution in [0.15, 0.2) is 24.3 Å². The van der Waals surface area contributed by atoms with Crippen molar-refractivity contribution in [3.8, 4) is 0 Å². The van der Waals surface area contributed by atoms with E-state index >= 15 is 0 Å². The Bertz CT molecular complexity index is 469. The largest absolute Gasteiger partial charge is 0.481 e. The first-order valence-corrected chi connectivity index (χ1v) is 9.91. The Kier molecular flexibility index (Phi) is 10.1. The van der Waals surface area contributed by atoms with Crippen LogP contribution in [0.3, 0.4) is 0 Å². The molecule has 1 aliphatic rings. The fourth-order valence-electron chi connectivity index (χ4n) is 3.58. The number of allylic oxidation sites excluding steroid dienone is 2. The molecule has 0 bridgehead atoms. The maximum absolute atomic E-state index is 10.5. The second kappa shape index (κ2) is 11.5. The zero-order chi connectivity index (χ0) is 19.6. The third kappa shape index (κ3) is 8.47. The predicted molar refractivity (Wildman–Crippen MR) is 103 cm³/mol. The second-order valence-electron chi connectivity index (χ2n) is 7.78. The lowest BCUT2D eigenvalue weighted by atomic mass is 9.88. The number of unbranched alkanes of at least 4 members (excludes halogenated alkanes) is 3. The van der Waals surface area contributed by atoms with Crippen molar-refractivity contribution in [1.29, 1.82) is 0 Å². The van der Waals surface area contributed by atoms with Crippen molar-refractivity contribution in [2.45, 2.75) is 89.4 Å². The number of aliphatic carboxylic acids is 1. The van der Waals surface area contributed by atoms with Crippen LogP contribution in [0.4, 0.5) is 0 Å². The molecule has 26 heavy (non-hydrogen) atoms. The minimum atomic E-state index is -0.889. The average Bonchev–Trinajstić information content (AvgIpc) is 2.82. The van der Waals surface area contributed by atoms with E-state index in [2.05, 4.69) is 6.92 Å². The van der Waals surface area contributed by atoms with Crippen molar-refractivity contribution < 1.29 is 25.2 Å². The molecule has 4 N–H and O–H groups in total. The lowest BCUT2D eigenvalue weighted by Crippen LogP contribution is -2.24. The number of carboxylic acid groups (broad SMARTS) is 1. The molecular weight excluding hydrogens is 332 g/mol. The highest BCUT2D eigenvalue weighted by Gasteiger charge is 2.39. The summed E-state index contributed by atoms with van der Waals surface area (Å²) < 4.78 is 0. The second-order valence-corrected chi connectivity index (χ2v) is 7.78. The summed E-state index contributed by atoms with van der Waals surface area (Å²) in [6, 6.07) is 0. The van der Waals surface area contributed by atoms with Crippen LogP contribution in [0, 0.1) is 11.8 Å². The quantitative estimate of drug-likeness (QED) is 0.312. The first kappa shape index (κ1) is 22.9. The molecule has 0 radical (unpaired) electrons. The molecule has 1 saturated carbocycles. The van der Waals surface area contributed by atoms with Crippen LogP contribution in [0.25, 0.3) is 0 Å². The number of rotatable bonds is 12. The summed E-state index contributed by atoms with van der Waals surface area (Å²) in [5.74, 6) is -1.04. The van der Waals surface area contributed by atoms with Crippen LogP contribution in [0.2, 0.25) is 0 Å². The van der Waals surface area contributed by atoms with Crippen molar-refractivity contribution in [2.24, 2.45) is 11.8 Å². The van der Waals surface area contributed by atoms with Gasteiger partial charge < -0.3 is 20.4 Å². The van der Waals surface area contributed by atoms with Crippen LogP contribution in [0.5, 0.6) is 0 Å². The number of hydrogen-bond acceptors (Lipinski definition) is 4. The van der Waals surface area contributed by atoms with Crippen molar-refractivity contribution in [3.63, 3.8) is 0 Å². The van der Waals surface area contributed by atoms with Gasteiger partial charge >= 0.3 is 5.97 Å². The fourth-order valence-corrected chi connectivity index (χ4v) is 3.58. The summed E-state index contributed by atoms with van der Waals surface area (Å²) >= 11 is 0. The molecule has 0 spiro atoms. The van der Waals surface area contributed by atoms with Crippen molar-refractivity contribution in [3.05, 3.63) is 24.3 Å². The van der Waals surface area contributed by atoms with Gasteiger partial charge in [0.15, 0.2) is 0 Å². The molecule has 0 unspecified atom stereocenters. The first-order chi connectivity index (χ1) is 12.3. The molecule has 5 atom stereocenters. The predicted octanol–water partition coefficient (Wildman–Crippen LogP) is 3.43. The molecule has 0 aliphatic heterocycles. The van der Waals surface area contributed by atoms with E-state index in [1.165, 1.54) is 0 Å². The summed E-state index contributed by atoms with van der Waals surface area (Å²) in [4.78, 5) is 10.5. The number of carbonyl (C=O) groups is 1. The number of hydrogen-bond donors (Lipinski definition) is 4. The lowest BCUT2D eigenvalue weighted by Gasteiger charge is -2.23. The molecule has 0 aromatic rings. The Hall–Kier alpha value is -1.17. The van der Waals surface area contributed by atoms with Crippen LogP contribution >= 0.6 is 0 Å². The maximum atomic E-state index is 10.5. The van der Waals surface area contributed by atoms with Crippen molar-refractivity contribution in [2.75, 3.05) is 0 Å². The average molecular weight is 369 g/mol. The summed E-state index contributed by atoms with van der Waals surface area (Å²) in [6.07, 6.45) is 12.7. The van der Waals surface area contributed by atoms with Gasteiger partial charge in [-0.25, -0.2) is 0 Å². The molecule has 5 heteroatoms. The molecule has 150 valence electrons.